The fraction of sp³-hybridized carbons (Fsp3) is 0.0909. The summed E-state index contributed by atoms with van der Waals surface area (Å²) in [6, 6.07) is 12.9. The average molecular weight is 374 g/mol. The van der Waals surface area contributed by atoms with E-state index in [2.05, 4.69) is 0 Å². The van der Waals surface area contributed by atoms with Gasteiger partial charge in [-0.15, -0.1) is 11.3 Å². The van der Waals surface area contributed by atoms with Gasteiger partial charge in [0.1, 0.15) is 11.5 Å². The first-order chi connectivity index (χ1) is 13.2. The van der Waals surface area contributed by atoms with Crippen LogP contribution in [0.25, 0.3) is 20.9 Å². The van der Waals surface area contributed by atoms with Crippen LogP contribution < -0.4 is 9.47 Å². The molecule has 1 aliphatic rings. The van der Waals surface area contributed by atoms with E-state index in [4.69, 9.17) is 9.47 Å². The van der Waals surface area contributed by atoms with Gasteiger partial charge in [-0.1, -0.05) is 24.3 Å². The number of carbonyl (C=O) groups excluding carboxylic acids is 2. The van der Waals surface area contributed by atoms with Crippen molar-refractivity contribution < 1.29 is 19.1 Å². The summed E-state index contributed by atoms with van der Waals surface area (Å²) in [5, 5.41) is 4.60. The molecule has 0 saturated carbocycles. The molecule has 0 amide bonds. The second-order valence-corrected chi connectivity index (χ2v) is 7.32. The third-order valence-electron chi connectivity index (χ3n) is 5.06. The van der Waals surface area contributed by atoms with Crippen molar-refractivity contribution in [2.75, 3.05) is 14.2 Å². The number of ether oxygens (including phenoxy) is 2. The van der Waals surface area contributed by atoms with Crippen molar-refractivity contribution in [3.63, 3.8) is 0 Å². The van der Waals surface area contributed by atoms with Crippen molar-refractivity contribution in [2.24, 2.45) is 0 Å². The van der Waals surface area contributed by atoms with Crippen LogP contribution in [-0.4, -0.2) is 25.8 Å². The molecule has 3 aromatic carbocycles. The minimum atomic E-state index is -0.220. The molecular formula is C22H14O4S. The van der Waals surface area contributed by atoms with Gasteiger partial charge in [-0.25, -0.2) is 0 Å². The lowest BCUT2D eigenvalue weighted by Crippen LogP contribution is -2.22. The number of hydrogen-bond acceptors (Lipinski definition) is 5. The van der Waals surface area contributed by atoms with E-state index in [1.54, 1.807) is 35.6 Å². The van der Waals surface area contributed by atoms with Crippen LogP contribution in [0, 0.1) is 0 Å². The molecule has 4 nitrogen and oxygen atoms in total. The Hall–Kier alpha value is -3.18. The first kappa shape index (κ1) is 16.0. The Bertz CT molecular complexity index is 1190. The maximum Gasteiger partial charge on any atom is 0.198 e. The zero-order chi connectivity index (χ0) is 18.7. The van der Waals surface area contributed by atoms with Gasteiger partial charge in [0, 0.05) is 26.6 Å². The molecule has 0 radical (unpaired) electrons. The summed E-state index contributed by atoms with van der Waals surface area (Å²) in [6.07, 6.45) is 0. The fourth-order valence-electron chi connectivity index (χ4n) is 3.89. The third kappa shape index (κ3) is 2.03. The average Bonchev–Trinajstić information content (AvgIpc) is 3.16. The normalized spacial score (nSPS) is 13.0. The van der Waals surface area contributed by atoms with E-state index in [0.717, 1.165) is 20.9 Å². The molecule has 0 atom stereocenters. The summed E-state index contributed by atoms with van der Waals surface area (Å²) in [6.45, 7) is 0. The van der Waals surface area contributed by atoms with Crippen LogP contribution in [0.1, 0.15) is 31.8 Å². The molecule has 4 aromatic rings. The fourth-order valence-corrected chi connectivity index (χ4v) is 4.70. The van der Waals surface area contributed by atoms with Crippen LogP contribution in [0.5, 0.6) is 11.5 Å². The molecule has 0 spiro atoms. The first-order valence-electron chi connectivity index (χ1n) is 8.43. The lowest BCUT2D eigenvalue weighted by atomic mass is 9.81. The summed E-state index contributed by atoms with van der Waals surface area (Å²) >= 11 is 1.61. The van der Waals surface area contributed by atoms with Crippen LogP contribution in [-0.2, 0) is 0 Å². The summed E-state index contributed by atoms with van der Waals surface area (Å²) < 4.78 is 12.4. The van der Waals surface area contributed by atoms with Crippen molar-refractivity contribution in [2.45, 2.75) is 0 Å². The van der Waals surface area contributed by atoms with Gasteiger partial charge in [0.05, 0.1) is 25.3 Å². The SMILES string of the molecule is COc1c2c(c(OC)c3cc4sccc4cc13)C(=O)c1ccccc1C2=O. The van der Waals surface area contributed by atoms with Gasteiger partial charge < -0.3 is 9.47 Å². The molecule has 5 heteroatoms. The van der Waals surface area contributed by atoms with E-state index >= 15 is 0 Å². The Labute approximate surface area is 158 Å². The van der Waals surface area contributed by atoms with Crippen LogP contribution in [0.3, 0.4) is 0 Å². The van der Waals surface area contributed by atoms with Crippen molar-refractivity contribution in [1.82, 2.24) is 0 Å². The molecule has 0 saturated heterocycles. The van der Waals surface area contributed by atoms with Crippen molar-refractivity contribution >= 4 is 43.8 Å². The summed E-state index contributed by atoms with van der Waals surface area (Å²) in [4.78, 5) is 26.5. The molecular weight excluding hydrogens is 360 g/mol. The maximum atomic E-state index is 13.3. The predicted octanol–water partition coefficient (Wildman–Crippen LogP) is 4.85. The van der Waals surface area contributed by atoms with Gasteiger partial charge in [0.2, 0.25) is 0 Å². The number of rotatable bonds is 2. The summed E-state index contributed by atoms with van der Waals surface area (Å²) in [5.74, 6) is 0.400. The van der Waals surface area contributed by atoms with Crippen molar-refractivity contribution in [3.05, 3.63) is 70.1 Å². The van der Waals surface area contributed by atoms with E-state index in [1.165, 1.54) is 14.2 Å². The van der Waals surface area contributed by atoms with Crippen molar-refractivity contribution in [1.29, 1.82) is 0 Å². The number of fused-ring (bicyclic) bond motifs is 4. The Morgan fingerprint density at radius 2 is 1.33 bits per heavy atom. The standard InChI is InChI=1S/C22H14O4S/c1-25-21-14-9-11-7-8-27-16(11)10-15(14)22(26-2)18-17(21)19(23)12-5-3-4-6-13(12)20(18)24/h3-10H,1-2H3. The summed E-state index contributed by atoms with van der Waals surface area (Å²) in [7, 11) is 3.05. The second-order valence-electron chi connectivity index (χ2n) is 6.38. The highest BCUT2D eigenvalue weighted by Crippen LogP contribution is 2.46. The number of hydrogen-bond donors (Lipinski definition) is 0. The molecule has 27 heavy (non-hydrogen) atoms. The molecule has 1 aliphatic carbocycles. The number of benzene rings is 3. The Morgan fingerprint density at radius 1 is 0.778 bits per heavy atom. The van der Waals surface area contributed by atoms with Crippen LogP contribution >= 0.6 is 11.3 Å². The van der Waals surface area contributed by atoms with E-state index in [1.807, 2.05) is 23.6 Å². The van der Waals surface area contributed by atoms with Gasteiger partial charge in [-0.05, 0) is 29.0 Å². The molecule has 1 heterocycles. The molecule has 132 valence electrons. The Kier molecular flexibility index (Phi) is 3.36. The number of thiophene rings is 1. The quantitative estimate of drug-likeness (QED) is 0.443. The molecule has 1 aromatic heterocycles. The highest BCUT2D eigenvalue weighted by molar-refractivity contribution is 7.17. The van der Waals surface area contributed by atoms with E-state index in [-0.39, 0.29) is 22.7 Å². The minimum Gasteiger partial charge on any atom is -0.495 e. The van der Waals surface area contributed by atoms with E-state index in [0.29, 0.717) is 22.6 Å². The lowest BCUT2D eigenvalue weighted by Gasteiger charge is -2.23. The number of carbonyl (C=O) groups is 2. The monoisotopic (exact) mass is 374 g/mol. The second kappa shape index (κ2) is 5.66. The topological polar surface area (TPSA) is 52.6 Å². The zero-order valence-electron chi connectivity index (χ0n) is 14.7. The first-order valence-corrected chi connectivity index (χ1v) is 9.31. The third-order valence-corrected chi connectivity index (χ3v) is 5.94. The number of ketones is 2. The van der Waals surface area contributed by atoms with Gasteiger partial charge >= 0.3 is 0 Å². The largest absolute Gasteiger partial charge is 0.495 e. The Balaban J connectivity index is 2.00. The van der Waals surface area contributed by atoms with E-state index < -0.39 is 0 Å². The molecule has 0 N–H and O–H groups in total. The molecule has 0 unspecified atom stereocenters. The van der Waals surface area contributed by atoms with Crippen LogP contribution in [0.4, 0.5) is 0 Å². The lowest BCUT2D eigenvalue weighted by molar-refractivity contribution is 0.0974. The van der Waals surface area contributed by atoms with Gasteiger partial charge in [-0.3, -0.25) is 9.59 Å². The minimum absolute atomic E-state index is 0.219. The molecule has 0 bridgehead atoms. The van der Waals surface area contributed by atoms with Gasteiger partial charge in [0.15, 0.2) is 11.6 Å². The summed E-state index contributed by atoms with van der Waals surface area (Å²) in [5.41, 5.74) is 1.35. The molecule has 5 rings (SSSR count). The molecule has 0 aliphatic heterocycles. The van der Waals surface area contributed by atoms with Gasteiger partial charge in [-0.2, -0.15) is 0 Å². The molecule has 0 fully saturated rings. The maximum absolute atomic E-state index is 13.3. The predicted molar refractivity (Wildman–Crippen MR) is 106 cm³/mol. The zero-order valence-corrected chi connectivity index (χ0v) is 15.5. The highest BCUT2D eigenvalue weighted by atomic mass is 32.1. The van der Waals surface area contributed by atoms with Crippen LogP contribution in [0.2, 0.25) is 0 Å². The Morgan fingerprint density at radius 3 is 1.89 bits per heavy atom. The van der Waals surface area contributed by atoms with Crippen LogP contribution in [0.15, 0.2) is 47.8 Å². The van der Waals surface area contributed by atoms with E-state index in [9.17, 15) is 9.59 Å². The number of methoxy groups -OCH3 is 2. The van der Waals surface area contributed by atoms with Gasteiger partial charge in [0.25, 0.3) is 0 Å². The smallest absolute Gasteiger partial charge is 0.198 e. The highest BCUT2D eigenvalue weighted by Gasteiger charge is 2.36. The van der Waals surface area contributed by atoms with Crippen molar-refractivity contribution in [3.8, 4) is 11.5 Å².